The number of nitrogens with zero attached hydrogens (tertiary/aromatic N) is 1. The molecule has 13 heavy (non-hydrogen) atoms. The maximum atomic E-state index is 12.0. The maximum absolute atomic E-state index is 12.0. The van der Waals surface area contributed by atoms with E-state index in [1.54, 1.807) is 0 Å². The number of carbonyl (C=O) groups excluding carboxylic acids is 1. The second-order valence-corrected chi connectivity index (χ2v) is 3.10. The van der Waals surface area contributed by atoms with Crippen molar-refractivity contribution >= 4 is 27.5 Å². The number of allylic oxidation sites excluding steroid dienone is 1. The molecule has 0 N–H and O–H groups in total. The molecule has 0 fully saturated rings. The smallest absolute Gasteiger partial charge is 0.272 e. The van der Waals surface area contributed by atoms with Crippen LogP contribution in [-0.4, -0.2) is 23.1 Å². The van der Waals surface area contributed by atoms with Gasteiger partial charge in [-0.1, -0.05) is 22.0 Å². The van der Waals surface area contributed by atoms with Crippen LogP contribution in [-0.2, 0) is 4.79 Å². The number of halogens is 4. The number of alkyl halides is 4. The van der Waals surface area contributed by atoms with Crippen molar-refractivity contribution in [3.63, 3.8) is 0 Å². The zero-order chi connectivity index (χ0) is 10.1. The Labute approximate surface area is 80.7 Å². The Morgan fingerprint density at radius 1 is 1.54 bits per heavy atom. The van der Waals surface area contributed by atoms with Crippen LogP contribution < -0.4 is 0 Å². The molecule has 1 rings (SSSR count). The van der Waals surface area contributed by atoms with Gasteiger partial charge in [-0.05, 0) is 6.08 Å². The van der Waals surface area contributed by atoms with E-state index in [0.29, 0.717) is 0 Å². The molecule has 6 heteroatoms. The highest BCUT2D eigenvalue weighted by Gasteiger charge is 2.36. The largest absolute Gasteiger partial charge is 0.433 e. The van der Waals surface area contributed by atoms with Gasteiger partial charge in [0, 0.05) is 5.33 Å². The molecule has 0 radical (unpaired) electrons. The van der Waals surface area contributed by atoms with Gasteiger partial charge in [-0.15, -0.1) is 0 Å². The predicted molar refractivity (Wildman–Crippen MR) is 44.9 cm³/mol. The quantitative estimate of drug-likeness (QED) is 0.660. The molecule has 0 saturated carbocycles. The van der Waals surface area contributed by atoms with E-state index in [2.05, 4.69) is 20.9 Å². The van der Waals surface area contributed by atoms with Crippen LogP contribution in [0.3, 0.4) is 0 Å². The molecule has 1 atom stereocenters. The van der Waals surface area contributed by atoms with Crippen molar-refractivity contribution in [3.05, 3.63) is 12.2 Å². The average Bonchev–Trinajstić information content (AvgIpc) is 2.02. The van der Waals surface area contributed by atoms with E-state index in [1.165, 1.54) is 6.08 Å². The average molecular weight is 256 g/mol. The summed E-state index contributed by atoms with van der Waals surface area (Å²) in [6.45, 7) is 0. The molecule has 0 spiro atoms. The van der Waals surface area contributed by atoms with E-state index in [-0.39, 0.29) is 5.33 Å². The minimum Gasteiger partial charge on any atom is -0.272 e. The van der Waals surface area contributed by atoms with E-state index in [4.69, 9.17) is 0 Å². The molecular weight excluding hydrogens is 251 g/mol. The summed E-state index contributed by atoms with van der Waals surface area (Å²) in [6.07, 6.45) is -2.51. The van der Waals surface area contributed by atoms with Gasteiger partial charge in [0.1, 0.15) is 5.71 Å². The molecule has 0 aliphatic carbocycles. The van der Waals surface area contributed by atoms with Crippen LogP contribution in [0, 0.1) is 5.92 Å². The van der Waals surface area contributed by atoms with Gasteiger partial charge in [0.15, 0.2) is 0 Å². The van der Waals surface area contributed by atoms with Crippen LogP contribution in [0.15, 0.2) is 17.1 Å². The molecule has 0 aromatic heterocycles. The zero-order valence-corrected chi connectivity index (χ0v) is 7.89. The minimum atomic E-state index is -4.54. The molecule has 72 valence electrons. The van der Waals surface area contributed by atoms with E-state index in [9.17, 15) is 18.0 Å². The van der Waals surface area contributed by atoms with Crippen LogP contribution in [0.4, 0.5) is 13.2 Å². The number of hydrogen-bond donors (Lipinski definition) is 0. The number of carbonyl (C=O) groups is 1. The molecule has 1 unspecified atom stereocenters. The summed E-state index contributed by atoms with van der Waals surface area (Å²) in [6, 6.07) is 0. The van der Waals surface area contributed by atoms with E-state index in [0.717, 1.165) is 6.08 Å². The topological polar surface area (TPSA) is 29.4 Å². The van der Waals surface area contributed by atoms with Crippen LogP contribution in [0.1, 0.15) is 0 Å². The number of amides is 1. The molecular formula is C7H5BrF3NO. The van der Waals surface area contributed by atoms with Gasteiger partial charge in [0.25, 0.3) is 5.91 Å². The van der Waals surface area contributed by atoms with Crippen molar-refractivity contribution in [1.82, 2.24) is 0 Å². The first kappa shape index (κ1) is 10.4. The molecule has 1 aliphatic heterocycles. The fourth-order valence-electron chi connectivity index (χ4n) is 0.804. The Hall–Kier alpha value is -0.650. The molecule has 1 amide bonds. The Balaban J connectivity index is 2.86. The fourth-order valence-corrected chi connectivity index (χ4v) is 1.30. The third-order valence-electron chi connectivity index (χ3n) is 1.49. The Bertz CT molecular complexity index is 282. The highest BCUT2D eigenvalue weighted by atomic mass is 79.9. The second kappa shape index (κ2) is 3.61. The normalized spacial score (nSPS) is 23.2. The molecule has 1 aliphatic rings. The van der Waals surface area contributed by atoms with E-state index >= 15 is 0 Å². The van der Waals surface area contributed by atoms with Crippen molar-refractivity contribution in [2.75, 3.05) is 5.33 Å². The summed E-state index contributed by atoms with van der Waals surface area (Å²) >= 11 is 3.00. The number of hydrogen-bond acceptors (Lipinski definition) is 1. The van der Waals surface area contributed by atoms with Crippen molar-refractivity contribution in [2.45, 2.75) is 6.18 Å². The number of rotatable bonds is 1. The number of dihydropyridines is 1. The summed E-state index contributed by atoms with van der Waals surface area (Å²) in [5.74, 6) is -1.34. The van der Waals surface area contributed by atoms with Crippen molar-refractivity contribution in [1.29, 1.82) is 0 Å². The summed E-state index contributed by atoms with van der Waals surface area (Å²) in [5, 5.41) is 0.289. The zero-order valence-electron chi connectivity index (χ0n) is 6.31. The maximum Gasteiger partial charge on any atom is 0.433 e. The minimum absolute atomic E-state index is 0.289. The molecule has 0 aromatic rings. The highest BCUT2D eigenvalue weighted by molar-refractivity contribution is 9.09. The SMILES string of the molecule is O=C1N=C(C(F)(F)F)C=CC1CBr. The van der Waals surface area contributed by atoms with Gasteiger partial charge in [-0.2, -0.15) is 13.2 Å². The highest BCUT2D eigenvalue weighted by Crippen LogP contribution is 2.22. The van der Waals surface area contributed by atoms with Crippen LogP contribution in [0.5, 0.6) is 0 Å². The lowest BCUT2D eigenvalue weighted by atomic mass is 10.1. The first-order valence-corrected chi connectivity index (χ1v) is 4.51. The Morgan fingerprint density at radius 2 is 2.15 bits per heavy atom. The Kier molecular flexibility index (Phi) is 2.90. The Morgan fingerprint density at radius 3 is 2.54 bits per heavy atom. The van der Waals surface area contributed by atoms with Gasteiger partial charge >= 0.3 is 6.18 Å². The van der Waals surface area contributed by atoms with Crippen LogP contribution >= 0.6 is 15.9 Å². The third-order valence-corrected chi connectivity index (χ3v) is 2.19. The lowest BCUT2D eigenvalue weighted by Crippen LogP contribution is -2.27. The van der Waals surface area contributed by atoms with Crippen molar-refractivity contribution < 1.29 is 18.0 Å². The summed E-state index contributed by atoms with van der Waals surface area (Å²) in [4.78, 5) is 13.9. The molecule has 1 heterocycles. The van der Waals surface area contributed by atoms with Gasteiger partial charge < -0.3 is 0 Å². The summed E-state index contributed by atoms with van der Waals surface area (Å²) < 4.78 is 36.0. The summed E-state index contributed by atoms with van der Waals surface area (Å²) in [7, 11) is 0. The van der Waals surface area contributed by atoms with Gasteiger partial charge in [0.2, 0.25) is 0 Å². The van der Waals surface area contributed by atoms with Gasteiger partial charge in [-0.3, -0.25) is 4.79 Å². The predicted octanol–water partition coefficient (Wildman–Crippen LogP) is 2.10. The number of aliphatic imine (C=N–C) groups is 1. The molecule has 0 saturated heterocycles. The standard InChI is InChI=1S/C7H5BrF3NO/c8-3-4-1-2-5(7(9,10)11)12-6(4)13/h1-2,4H,3H2. The summed E-state index contributed by atoms with van der Waals surface area (Å²) in [5.41, 5.74) is -1.13. The van der Waals surface area contributed by atoms with Crippen molar-refractivity contribution in [3.8, 4) is 0 Å². The lowest BCUT2D eigenvalue weighted by molar-refractivity contribution is -0.120. The van der Waals surface area contributed by atoms with Crippen molar-refractivity contribution in [2.24, 2.45) is 10.9 Å². The second-order valence-electron chi connectivity index (χ2n) is 2.45. The first-order chi connectivity index (χ1) is 5.95. The van der Waals surface area contributed by atoms with Crippen LogP contribution in [0.2, 0.25) is 0 Å². The molecule has 0 aromatic carbocycles. The van der Waals surface area contributed by atoms with Gasteiger partial charge in [0.05, 0.1) is 5.92 Å². The fraction of sp³-hybridized carbons (Fsp3) is 0.429. The van der Waals surface area contributed by atoms with E-state index < -0.39 is 23.7 Å². The molecule has 0 bridgehead atoms. The van der Waals surface area contributed by atoms with Crippen LogP contribution in [0.25, 0.3) is 0 Å². The molecule has 2 nitrogen and oxygen atoms in total. The van der Waals surface area contributed by atoms with E-state index in [1.807, 2.05) is 0 Å². The van der Waals surface area contributed by atoms with Gasteiger partial charge in [-0.25, -0.2) is 4.99 Å². The lowest BCUT2D eigenvalue weighted by Gasteiger charge is -2.13. The first-order valence-electron chi connectivity index (χ1n) is 3.39. The monoisotopic (exact) mass is 255 g/mol. The third kappa shape index (κ3) is 2.40.